The van der Waals surface area contributed by atoms with Gasteiger partial charge in [-0.15, -0.1) is 0 Å². The topological polar surface area (TPSA) is 27.8 Å². The average molecular weight is 254 g/mol. The van der Waals surface area contributed by atoms with E-state index in [-0.39, 0.29) is 0 Å². The number of para-hydroxylation sites is 1. The van der Waals surface area contributed by atoms with E-state index in [1.54, 1.807) is 5.56 Å². The molecule has 0 bridgehead atoms. The summed E-state index contributed by atoms with van der Waals surface area (Å²) in [5, 5.41) is 5.22. The van der Waals surface area contributed by atoms with Crippen molar-refractivity contribution in [2.24, 2.45) is 5.92 Å². The van der Waals surface area contributed by atoms with Crippen molar-refractivity contribution in [3.63, 3.8) is 0 Å². The van der Waals surface area contributed by atoms with Crippen LogP contribution in [0.2, 0.25) is 0 Å². The Balaban J connectivity index is 1.77. The van der Waals surface area contributed by atoms with E-state index in [1.807, 2.05) is 0 Å². The molecule has 2 heterocycles. The van der Waals surface area contributed by atoms with E-state index in [0.29, 0.717) is 6.04 Å². The van der Waals surface area contributed by atoms with Crippen LogP contribution in [0.15, 0.2) is 24.3 Å². The van der Waals surface area contributed by atoms with Crippen molar-refractivity contribution >= 4 is 10.9 Å². The standard InChI is InChI=1S/C17H22N2/c1-2-6-12(7-3-1)16-17-14(10-11-18-16)13-8-4-5-9-15(13)19-17/h4-5,8-9,12,16,18-19H,1-3,6-7,10-11H2/t16-/m1/s1. The van der Waals surface area contributed by atoms with Crippen molar-refractivity contribution in [3.8, 4) is 0 Å². The van der Waals surface area contributed by atoms with E-state index in [0.717, 1.165) is 12.5 Å². The minimum Gasteiger partial charge on any atom is -0.357 e. The monoisotopic (exact) mass is 254 g/mol. The number of hydrogen-bond donors (Lipinski definition) is 2. The lowest BCUT2D eigenvalue weighted by molar-refractivity contribution is 0.262. The molecule has 0 radical (unpaired) electrons. The third-order valence-electron chi connectivity index (χ3n) is 5.02. The van der Waals surface area contributed by atoms with Gasteiger partial charge >= 0.3 is 0 Å². The largest absolute Gasteiger partial charge is 0.357 e. The second-order valence-electron chi connectivity index (χ2n) is 6.14. The third-order valence-corrected chi connectivity index (χ3v) is 5.02. The molecule has 1 aromatic carbocycles. The maximum Gasteiger partial charge on any atom is 0.0504 e. The molecule has 0 spiro atoms. The lowest BCUT2D eigenvalue weighted by Gasteiger charge is -2.34. The summed E-state index contributed by atoms with van der Waals surface area (Å²) in [6.07, 6.45) is 8.22. The van der Waals surface area contributed by atoms with Crippen molar-refractivity contribution in [2.75, 3.05) is 6.54 Å². The van der Waals surface area contributed by atoms with Gasteiger partial charge in [-0.1, -0.05) is 37.5 Å². The summed E-state index contributed by atoms with van der Waals surface area (Å²) in [6.45, 7) is 1.13. The zero-order valence-electron chi connectivity index (χ0n) is 11.4. The molecule has 1 aliphatic carbocycles. The summed E-state index contributed by atoms with van der Waals surface area (Å²) in [5.74, 6) is 0.834. The van der Waals surface area contributed by atoms with Gasteiger partial charge in [-0.05, 0) is 43.4 Å². The van der Waals surface area contributed by atoms with Crippen molar-refractivity contribution in [1.82, 2.24) is 10.3 Å². The molecule has 100 valence electrons. The smallest absolute Gasteiger partial charge is 0.0504 e. The van der Waals surface area contributed by atoms with Gasteiger partial charge in [0.2, 0.25) is 0 Å². The summed E-state index contributed by atoms with van der Waals surface area (Å²) < 4.78 is 0. The summed E-state index contributed by atoms with van der Waals surface area (Å²) in [4.78, 5) is 3.70. The second kappa shape index (κ2) is 4.68. The Hall–Kier alpha value is -1.28. The van der Waals surface area contributed by atoms with Crippen molar-refractivity contribution in [1.29, 1.82) is 0 Å². The van der Waals surface area contributed by atoms with Gasteiger partial charge in [0, 0.05) is 16.6 Å². The third kappa shape index (κ3) is 1.90. The highest BCUT2D eigenvalue weighted by Crippen LogP contribution is 2.39. The first kappa shape index (κ1) is 11.5. The quantitative estimate of drug-likeness (QED) is 0.792. The summed E-state index contributed by atoms with van der Waals surface area (Å²) in [6, 6.07) is 9.34. The van der Waals surface area contributed by atoms with Gasteiger partial charge in [-0.25, -0.2) is 0 Å². The highest BCUT2D eigenvalue weighted by atomic mass is 15.0. The molecule has 1 fully saturated rings. The van der Waals surface area contributed by atoms with Crippen LogP contribution in [0.5, 0.6) is 0 Å². The fourth-order valence-electron chi connectivity index (χ4n) is 4.08. The van der Waals surface area contributed by atoms with Crippen LogP contribution < -0.4 is 5.32 Å². The normalized spacial score (nSPS) is 24.5. The van der Waals surface area contributed by atoms with Crippen LogP contribution in [0.3, 0.4) is 0 Å². The molecule has 4 rings (SSSR count). The number of H-pyrrole nitrogens is 1. The molecule has 2 heteroatoms. The maximum absolute atomic E-state index is 3.77. The Bertz CT molecular complexity index is 578. The molecular weight excluding hydrogens is 232 g/mol. The van der Waals surface area contributed by atoms with Crippen LogP contribution >= 0.6 is 0 Å². The minimum absolute atomic E-state index is 0.566. The zero-order valence-corrected chi connectivity index (χ0v) is 11.4. The Labute approximate surface area is 114 Å². The van der Waals surface area contributed by atoms with E-state index < -0.39 is 0 Å². The SMILES string of the molecule is c1ccc2c3c([nH]c2c1)[C@@H](C1CCCCC1)NCC3. The summed E-state index contributed by atoms with van der Waals surface area (Å²) in [5.41, 5.74) is 4.38. The first-order chi connectivity index (χ1) is 9.43. The van der Waals surface area contributed by atoms with Gasteiger partial charge in [-0.2, -0.15) is 0 Å². The van der Waals surface area contributed by atoms with Gasteiger partial charge < -0.3 is 10.3 Å². The molecule has 2 N–H and O–H groups in total. The highest BCUT2D eigenvalue weighted by Gasteiger charge is 2.30. The second-order valence-corrected chi connectivity index (χ2v) is 6.14. The molecule has 0 unspecified atom stereocenters. The number of aromatic nitrogens is 1. The van der Waals surface area contributed by atoms with Crippen LogP contribution in [0.25, 0.3) is 10.9 Å². The van der Waals surface area contributed by atoms with E-state index in [2.05, 4.69) is 34.6 Å². The molecule has 0 amide bonds. The molecule has 0 saturated heterocycles. The van der Waals surface area contributed by atoms with Gasteiger partial charge in [-0.3, -0.25) is 0 Å². The number of aromatic amines is 1. The van der Waals surface area contributed by atoms with E-state index in [4.69, 9.17) is 0 Å². The number of benzene rings is 1. The first-order valence-corrected chi connectivity index (χ1v) is 7.76. The first-order valence-electron chi connectivity index (χ1n) is 7.76. The van der Waals surface area contributed by atoms with Crippen molar-refractivity contribution < 1.29 is 0 Å². The van der Waals surface area contributed by atoms with Gasteiger partial charge in [0.25, 0.3) is 0 Å². The minimum atomic E-state index is 0.566. The van der Waals surface area contributed by atoms with Crippen LogP contribution in [-0.4, -0.2) is 11.5 Å². The molecule has 1 atom stereocenters. The number of nitrogens with one attached hydrogen (secondary N) is 2. The van der Waals surface area contributed by atoms with Gasteiger partial charge in [0.15, 0.2) is 0 Å². The number of rotatable bonds is 1. The van der Waals surface area contributed by atoms with Crippen LogP contribution in [-0.2, 0) is 6.42 Å². The fourth-order valence-corrected chi connectivity index (χ4v) is 4.08. The molecule has 2 aromatic rings. The van der Waals surface area contributed by atoms with Crippen molar-refractivity contribution in [2.45, 2.75) is 44.6 Å². The predicted molar refractivity (Wildman–Crippen MR) is 79.3 cm³/mol. The molecule has 2 aliphatic rings. The van der Waals surface area contributed by atoms with Crippen LogP contribution in [0.1, 0.15) is 49.4 Å². The Kier molecular flexibility index (Phi) is 2.84. The average Bonchev–Trinajstić information content (AvgIpc) is 2.87. The van der Waals surface area contributed by atoms with E-state index in [1.165, 1.54) is 55.1 Å². The van der Waals surface area contributed by atoms with Crippen LogP contribution in [0, 0.1) is 5.92 Å². The Morgan fingerprint density at radius 3 is 2.74 bits per heavy atom. The lowest BCUT2D eigenvalue weighted by Crippen LogP contribution is -2.35. The summed E-state index contributed by atoms with van der Waals surface area (Å²) >= 11 is 0. The predicted octanol–water partition coefficient (Wildman–Crippen LogP) is 3.94. The number of fused-ring (bicyclic) bond motifs is 3. The molecular formula is C17H22N2. The van der Waals surface area contributed by atoms with E-state index in [9.17, 15) is 0 Å². The Morgan fingerprint density at radius 1 is 1.00 bits per heavy atom. The molecule has 1 aliphatic heterocycles. The van der Waals surface area contributed by atoms with Crippen LogP contribution in [0.4, 0.5) is 0 Å². The lowest BCUT2D eigenvalue weighted by atomic mass is 9.80. The highest BCUT2D eigenvalue weighted by molar-refractivity contribution is 5.85. The van der Waals surface area contributed by atoms with Gasteiger partial charge in [0.1, 0.15) is 0 Å². The summed E-state index contributed by atoms with van der Waals surface area (Å²) in [7, 11) is 0. The molecule has 2 nitrogen and oxygen atoms in total. The fraction of sp³-hybridized carbons (Fsp3) is 0.529. The maximum atomic E-state index is 3.77. The van der Waals surface area contributed by atoms with Crippen molar-refractivity contribution in [3.05, 3.63) is 35.5 Å². The van der Waals surface area contributed by atoms with E-state index >= 15 is 0 Å². The van der Waals surface area contributed by atoms with Gasteiger partial charge in [0.05, 0.1) is 6.04 Å². The number of hydrogen-bond acceptors (Lipinski definition) is 1. The molecule has 1 aromatic heterocycles. The molecule has 19 heavy (non-hydrogen) atoms. The Morgan fingerprint density at radius 2 is 1.84 bits per heavy atom. The zero-order chi connectivity index (χ0) is 12.7. The molecule has 1 saturated carbocycles.